The predicted molar refractivity (Wildman–Crippen MR) is 70.7 cm³/mol. The van der Waals surface area contributed by atoms with Crippen molar-refractivity contribution in [2.75, 3.05) is 6.54 Å². The van der Waals surface area contributed by atoms with Gasteiger partial charge in [0, 0.05) is 31.0 Å². The Morgan fingerprint density at radius 1 is 1.53 bits per heavy atom. The fraction of sp³-hybridized carbons (Fsp3) is 0.643. The summed E-state index contributed by atoms with van der Waals surface area (Å²) in [7, 11) is 0. The number of likely N-dealkylation sites (tertiary alicyclic amines) is 1. The van der Waals surface area contributed by atoms with Gasteiger partial charge in [-0.3, -0.25) is 9.88 Å². The van der Waals surface area contributed by atoms with Crippen molar-refractivity contribution in [3.63, 3.8) is 0 Å². The monoisotopic (exact) mass is 233 g/mol. The zero-order valence-electron chi connectivity index (χ0n) is 10.9. The normalized spacial score (nSPS) is 23.6. The molecule has 3 heteroatoms. The minimum atomic E-state index is 0.257. The van der Waals surface area contributed by atoms with Crippen LogP contribution in [0, 0.1) is 6.92 Å². The van der Waals surface area contributed by atoms with E-state index in [4.69, 9.17) is 5.73 Å². The summed E-state index contributed by atoms with van der Waals surface area (Å²) in [6.45, 7) is 6.44. The van der Waals surface area contributed by atoms with Gasteiger partial charge >= 0.3 is 0 Å². The molecule has 17 heavy (non-hydrogen) atoms. The first kappa shape index (κ1) is 12.5. The van der Waals surface area contributed by atoms with Crippen LogP contribution in [0.2, 0.25) is 0 Å². The Labute approximate surface area is 104 Å². The van der Waals surface area contributed by atoms with E-state index in [1.807, 2.05) is 12.4 Å². The van der Waals surface area contributed by atoms with Gasteiger partial charge in [0.1, 0.15) is 0 Å². The molecule has 0 spiro atoms. The van der Waals surface area contributed by atoms with Crippen molar-refractivity contribution >= 4 is 0 Å². The average molecular weight is 233 g/mol. The lowest BCUT2D eigenvalue weighted by Crippen LogP contribution is -2.48. The van der Waals surface area contributed by atoms with Crippen LogP contribution in [-0.4, -0.2) is 28.5 Å². The zero-order chi connectivity index (χ0) is 12.3. The van der Waals surface area contributed by atoms with Crippen LogP contribution >= 0.6 is 0 Å². The molecule has 0 saturated carbocycles. The summed E-state index contributed by atoms with van der Waals surface area (Å²) in [5, 5.41) is 0. The maximum absolute atomic E-state index is 6.09. The molecule has 94 valence electrons. The number of aryl methyl sites for hydroxylation is 1. The molecule has 1 aliphatic heterocycles. The lowest BCUT2D eigenvalue weighted by Gasteiger charge is -2.38. The maximum atomic E-state index is 6.09. The van der Waals surface area contributed by atoms with Crippen molar-refractivity contribution in [1.82, 2.24) is 9.88 Å². The molecule has 1 aromatic heterocycles. The third-order valence-corrected chi connectivity index (χ3v) is 3.79. The van der Waals surface area contributed by atoms with Gasteiger partial charge in [0.15, 0.2) is 0 Å². The Bertz CT molecular complexity index is 362. The van der Waals surface area contributed by atoms with Crippen molar-refractivity contribution in [3.05, 3.63) is 29.6 Å². The molecule has 0 amide bonds. The number of aromatic nitrogens is 1. The molecule has 0 bridgehead atoms. The highest BCUT2D eigenvalue weighted by Crippen LogP contribution is 2.22. The van der Waals surface area contributed by atoms with Gasteiger partial charge < -0.3 is 5.73 Å². The van der Waals surface area contributed by atoms with E-state index >= 15 is 0 Å². The van der Waals surface area contributed by atoms with E-state index in [2.05, 4.69) is 29.8 Å². The van der Waals surface area contributed by atoms with E-state index in [1.165, 1.54) is 36.9 Å². The van der Waals surface area contributed by atoms with Gasteiger partial charge in [0.2, 0.25) is 0 Å². The summed E-state index contributed by atoms with van der Waals surface area (Å²) in [5.74, 6) is 0. The zero-order valence-corrected chi connectivity index (χ0v) is 10.9. The maximum Gasteiger partial charge on any atom is 0.0315 e. The summed E-state index contributed by atoms with van der Waals surface area (Å²) < 4.78 is 0. The van der Waals surface area contributed by atoms with Crippen molar-refractivity contribution < 1.29 is 0 Å². The van der Waals surface area contributed by atoms with Crippen LogP contribution in [0.3, 0.4) is 0 Å². The molecule has 0 aromatic carbocycles. The molecule has 2 unspecified atom stereocenters. The predicted octanol–water partition coefficient (Wildman–Crippen LogP) is 2.09. The van der Waals surface area contributed by atoms with Crippen LogP contribution in [0.15, 0.2) is 18.5 Å². The van der Waals surface area contributed by atoms with E-state index in [9.17, 15) is 0 Å². The molecule has 1 saturated heterocycles. The van der Waals surface area contributed by atoms with Crippen molar-refractivity contribution in [1.29, 1.82) is 0 Å². The Morgan fingerprint density at radius 3 is 3.06 bits per heavy atom. The number of hydrogen-bond acceptors (Lipinski definition) is 3. The van der Waals surface area contributed by atoms with Gasteiger partial charge in [0.25, 0.3) is 0 Å². The minimum Gasteiger partial charge on any atom is -0.327 e. The second-order valence-corrected chi connectivity index (χ2v) is 5.19. The average Bonchev–Trinajstić information content (AvgIpc) is 2.32. The van der Waals surface area contributed by atoms with Crippen LogP contribution in [-0.2, 0) is 6.54 Å². The highest BCUT2D eigenvalue weighted by molar-refractivity contribution is 5.21. The molecule has 1 aromatic rings. The molecule has 2 N–H and O–H groups in total. The molecule has 0 radical (unpaired) electrons. The summed E-state index contributed by atoms with van der Waals surface area (Å²) in [4.78, 5) is 6.75. The fourth-order valence-corrected chi connectivity index (χ4v) is 2.69. The molecular formula is C14H23N3. The van der Waals surface area contributed by atoms with Crippen LogP contribution in [0.1, 0.15) is 37.3 Å². The number of rotatable bonds is 3. The highest BCUT2D eigenvalue weighted by atomic mass is 15.2. The summed E-state index contributed by atoms with van der Waals surface area (Å²) in [5.41, 5.74) is 8.75. The minimum absolute atomic E-state index is 0.257. The molecule has 0 aliphatic carbocycles. The number of nitrogens with two attached hydrogens (primary N) is 1. The first-order valence-corrected chi connectivity index (χ1v) is 6.57. The fourth-order valence-electron chi connectivity index (χ4n) is 2.69. The Hall–Kier alpha value is -0.930. The van der Waals surface area contributed by atoms with E-state index in [0.717, 1.165) is 6.54 Å². The number of hydrogen-bond donors (Lipinski definition) is 1. The largest absolute Gasteiger partial charge is 0.327 e. The van der Waals surface area contributed by atoms with Gasteiger partial charge in [-0.2, -0.15) is 0 Å². The smallest absolute Gasteiger partial charge is 0.0315 e. The molecule has 2 heterocycles. The molecule has 2 atom stereocenters. The summed E-state index contributed by atoms with van der Waals surface area (Å²) in [6, 6.07) is 2.87. The van der Waals surface area contributed by atoms with Crippen LogP contribution in [0.25, 0.3) is 0 Å². The molecular weight excluding hydrogens is 210 g/mol. The lowest BCUT2D eigenvalue weighted by molar-refractivity contribution is 0.122. The third-order valence-electron chi connectivity index (χ3n) is 3.79. The molecule has 1 aliphatic rings. The van der Waals surface area contributed by atoms with Crippen molar-refractivity contribution in [2.24, 2.45) is 5.73 Å². The summed E-state index contributed by atoms with van der Waals surface area (Å²) in [6.07, 6.45) is 7.69. The SMILES string of the molecule is Cc1ccncc1CN1CCCCC1C(C)N. The number of pyridine rings is 1. The van der Waals surface area contributed by atoms with Gasteiger partial charge in [-0.15, -0.1) is 0 Å². The molecule has 1 fully saturated rings. The van der Waals surface area contributed by atoms with Crippen LogP contribution in [0.4, 0.5) is 0 Å². The second-order valence-electron chi connectivity index (χ2n) is 5.19. The van der Waals surface area contributed by atoms with Crippen LogP contribution < -0.4 is 5.73 Å². The van der Waals surface area contributed by atoms with Crippen molar-refractivity contribution in [3.8, 4) is 0 Å². The molecule has 2 rings (SSSR count). The Balaban J connectivity index is 2.08. The van der Waals surface area contributed by atoms with Gasteiger partial charge in [-0.05, 0) is 50.4 Å². The first-order chi connectivity index (χ1) is 8.18. The van der Waals surface area contributed by atoms with Gasteiger partial charge in [0.05, 0.1) is 0 Å². The Morgan fingerprint density at radius 2 is 2.35 bits per heavy atom. The topological polar surface area (TPSA) is 42.2 Å². The highest BCUT2D eigenvalue weighted by Gasteiger charge is 2.25. The number of piperidine rings is 1. The van der Waals surface area contributed by atoms with E-state index in [0.29, 0.717) is 6.04 Å². The second kappa shape index (κ2) is 5.61. The summed E-state index contributed by atoms with van der Waals surface area (Å²) >= 11 is 0. The van der Waals surface area contributed by atoms with E-state index in [-0.39, 0.29) is 6.04 Å². The van der Waals surface area contributed by atoms with E-state index in [1.54, 1.807) is 0 Å². The van der Waals surface area contributed by atoms with Gasteiger partial charge in [-0.25, -0.2) is 0 Å². The van der Waals surface area contributed by atoms with E-state index < -0.39 is 0 Å². The standard InChI is InChI=1S/C14H23N3/c1-11-6-7-16-9-13(11)10-17-8-4-3-5-14(17)12(2)15/h6-7,9,12,14H,3-5,8,10,15H2,1-2H3. The number of nitrogens with zero attached hydrogens (tertiary/aromatic N) is 2. The first-order valence-electron chi connectivity index (χ1n) is 6.57. The quantitative estimate of drug-likeness (QED) is 0.869. The van der Waals surface area contributed by atoms with Crippen LogP contribution in [0.5, 0.6) is 0 Å². The van der Waals surface area contributed by atoms with Gasteiger partial charge in [-0.1, -0.05) is 6.42 Å². The third kappa shape index (κ3) is 3.05. The molecule has 3 nitrogen and oxygen atoms in total. The lowest BCUT2D eigenvalue weighted by atomic mass is 9.96. The van der Waals surface area contributed by atoms with Crippen molar-refractivity contribution in [2.45, 2.75) is 51.7 Å². The Kier molecular flexibility index (Phi) is 4.13.